The number of rotatable bonds is 16. The van der Waals surface area contributed by atoms with Crippen LogP contribution in [0, 0.1) is 11.8 Å². The lowest BCUT2D eigenvalue weighted by molar-refractivity contribution is -0.137. The topological polar surface area (TPSA) is 131 Å². The number of ether oxygens (including phenoxy) is 6. The number of amides is 2. The van der Waals surface area contributed by atoms with E-state index in [1.54, 1.807) is 13.8 Å². The summed E-state index contributed by atoms with van der Waals surface area (Å²) in [6.07, 6.45) is 9.07. The van der Waals surface area contributed by atoms with E-state index in [0.29, 0.717) is 25.0 Å². The minimum absolute atomic E-state index is 0.0616. The van der Waals surface area contributed by atoms with Gasteiger partial charge in [0.05, 0.1) is 57.8 Å². The van der Waals surface area contributed by atoms with E-state index in [1.807, 2.05) is 0 Å². The summed E-state index contributed by atoms with van der Waals surface area (Å²) in [4.78, 5) is 35.3. The molecule has 20 heteroatoms. The first-order valence-electron chi connectivity index (χ1n) is 18.5. The molecule has 2 saturated carbocycles. The standard InChI is InChI=1S/C23H24Cl2F2N2O5.C17H14Cl2F2N2O3/c1-23(2)32-12-15(34-23)10-29(20-16(24)8-28-9-17(20)25)21(30)14-5-6-18(33-22(26)27)19(7-14)31-11-13-3-4-13;18-11-6-22-7-12(19)15(11)23-16(24)10-3-4-13(26-17(20)21)14(5-10)25-8-9-1-2-9/h5-9,13,15,22H,3-4,10-12H2,1-2H3;3-7,9,17H,1-2,8H2,(H,22,23,24). The van der Waals surface area contributed by atoms with Crippen LogP contribution in [0.4, 0.5) is 28.9 Å². The highest BCUT2D eigenvalue weighted by atomic mass is 35.5. The van der Waals surface area contributed by atoms with Gasteiger partial charge in [-0.15, -0.1) is 0 Å². The smallest absolute Gasteiger partial charge is 0.387 e. The second-order valence-electron chi connectivity index (χ2n) is 14.3. The number of aromatic nitrogens is 2. The summed E-state index contributed by atoms with van der Waals surface area (Å²) in [5.41, 5.74) is 0.822. The minimum Gasteiger partial charge on any atom is -0.489 e. The number of nitrogens with zero attached hydrogens (tertiary/aromatic N) is 3. The largest absolute Gasteiger partial charge is 0.489 e. The van der Waals surface area contributed by atoms with Crippen LogP contribution in [-0.2, 0) is 9.47 Å². The number of hydrogen-bond donors (Lipinski definition) is 1. The highest BCUT2D eigenvalue weighted by Crippen LogP contribution is 2.39. The molecule has 1 unspecified atom stereocenters. The molecule has 1 atom stereocenters. The third-order valence-electron chi connectivity index (χ3n) is 9.06. The summed E-state index contributed by atoms with van der Waals surface area (Å²) in [6, 6.07) is 8.01. The Kier molecular flexibility index (Phi) is 15.1. The molecule has 2 aromatic heterocycles. The lowest BCUT2D eigenvalue weighted by atomic mass is 10.1. The van der Waals surface area contributed by atoms with Crippen LogP contribution in [-0.4, -0.2) is 73.3 Å². The second-order valence-corrected chi connectivity index (χ2v) is 16.0. The van der Waals surface area contributed by atoms with Crippen molar-refractivity contribution in [3.8, 4) is 23.0 Å². The molecule has 3 aliphatic rings. The third kappa shape index (κ3) is 12.6. The zero-order valence-electron chi connectivity index (χ0n) is 31.9. The molecule has 2 aromatic carbocycles. The van der Waals surface area contributed by atoms with E-state index in [9.17, 15) is 27.2 Å². The van der Waals surface area contributed by atoms with Crippen molar-refractivity contribution in [2.24, 2.45) is 11.8 Å². The Labute approximate surface area is 362 Å². The number of pyridine rings is 2. The summed E-state index contributed by atoms with van der Waals surface area (Å²) >= 11 is 24.7. The normalized spacial score (nSPS) is 16.8. The average Bonchev–Trinajstić information content (AvgIpc) is 4.13. The van der Waals surface area contributed by atoms with Crippen molar-refractivity contribution in [1.29, 1.82) is 0 Å². The monoisotopic (exact) mass is 918 g/mol. The maximum absolute atomic E-state index is 13.7. The summed E-state index contributed by atoms with van der Waals surface area (Å²) < 4.78 is 82.7. The van der Waals surface area contributed by atoms with Crippen LogP contribution in [0.15, 0.2) is 61.2 Å². The Morgan fingerprint density at radius 3 is 1.72 bits per heavy atom. The number of anilines is 2. The van der Waals surface area contributed by atoms with Crippen LogP contribution in [0.25, 0.3) is 0 Å². The first-order chi connectivity index (χ1) is 28.6. The Hall–Kier alpha value is -4.32. The molecule has 1 N–H and O–H groups in total. The number of benzene rings is 2. The van der Waals surface area contributed by atoms with Gasteiger partial charge < -0.3 is 38.6 Å². The first-order valence-corrected chi connectivity index (χ1v) is 20.0. The summed E-state index contributed by atoms with van der Waals surface area (Å²) in [6.45, 7) is -1.40. The quantitative estimate of drug-likeness (QED) is 0.108. The Morgan fingerprint density at radius 2 is 1.25 bits per heavy atom. The summed E-state index contributed by atoms with van der Waals surface area (Å²) in [7, 11) is 0. The van der Waals surface area contributed by atoms with Crippen molar-refractivity contribution < 1.29 is 55.6 Å². The van der Waals surface area contributed by atoms with Gasteiger partial charge in [-0.3, -0.25) is 19.6 Å². The van der Waals surface area contributed by atoms with Crippen LogP contribution in [0.2, 0.25) is 20.1 Å². The van der Waals surface area contributed by atoms with Crippen molar-refractivity contribution in [3.05, 3.63) is 92.4 Å². The average molecular weight is 921 g/mol. The van der Waals surface area contributed by atoms with Gasteiger partial charge >= 0.3 is 13.2 Å². The fourth-order valence-corrected chi connectivity index (χ4v) is 6.78. The van der Waals surface area contributed by atoms with Crippen molar-refractivity contribution >= 4 is 69.6 Å². The maximum atomic E-state index is 13.7. The van der Waals surface area contributed by atoms with Crippen molar-refractivity contribution in [2.45, 2.75) is 64.6 Å². The second kappa shape index (κ2) is 20.0. The number of nitrogens with one attached hydrogen (secondary N) is 1. The predicted molar refractivity (Wildman–Crippen MR) is 216 cm³/mol. The SMILES string of the molecule is CC1(C)OCC(CN(C(=O)c2ccc(OC(F)F)c(OCC3CC3)c2)c2c(Cl)cncc2Cl)O1.O=C(Nc1c(Cl)cncc1Cl)c1ccc(OC(F)F)c(OCC2CC2)c1. The lowest BCUT2D eigenvalue weighted by Gasteiger charge is -2.27. The van der Waals surface area contributed by atoms with Gasteiger partial charge in [0.25, 0.3) is 11.8 Å². The molecule has 4 aromatic rings. The zero-order chi connectivity index (χ0) is 43.1. The van der Waals surface area contributed by atoms with Gasteiger partial charge in [0.1, 0.15) is 6.10 Å². The van der Waals surface area contributed by atoms with Crippen LogP contribution in [0.5, 0.6) is 23.0 Å². The van der Waals surface area contributed by atoms with Gasteiger partial charge in [-0.2, -0.15) is 17.6 Å². The van der Waals surface area contributed by atoms with E-state index < -0.39 is 36.9 Å². The maximum Gasteiger partial charge on any atom is 0.387 e. The minimum atomic E-state index is -3.03. The number of carbonyl (C=O) groups excluding carboxylic acids is 2. The molecule has 2 aliphatic carbocycles. The van der Waals surface area contributed by atoms with E-state index >= 15 is 0 Å². The first kappa shape index (κ1) is 45.2. The van der Waals surface area contributed by atoms with Crippen LogP contribution >= 0.6 is 46.4 Å². The zero-order valence-corrected chi connectivity index (χ0v) is 35.0. The van der Waals surface area contributed by atoms with Crippen LogP contribution in [0.1, 0.15) is 60.2 Å². The van der Waals surface area contributed by atoms with Crippen molar-refractivity contribution in [1.82, 2.24) is 9.97 Å². The molecule has 0 radical (unpaired) electrons. The molecule has 2 amide bonds. The Balaban J connectivity index is 0.000000209. The number of hydrogen-bond acceptors (Lipinski definition) is 10. The van der Waals surface area contributed by atoms with E-state index in [4.69, 9.17) is 65.4 Å². The number of alkyl halides is 4. The molecule has 3 heterocycles. The van der Waals surface area contributed by atoms with E-state index in [0.717, 1.165) is 25.7 Å². The van der Waals surface area contributed by atoms with Gasteiger partial charge in [-0.25, -0.2) is 0 Å². The molecular weight excluding hydrogens is 882 g/mol. The fraction of sp³-hybridized carbons (Fsp3) is 0.400. The molecule has 0 bridgehead atoms. The van der Waals surface area contributed by atoms with E-state index in [2.05, 4.69) is 24.8 Å². The van der Waals surface area contributed by atoms with Gasteiger partial charge in [0, 0.05) is 35.9 Å². The lowest BCUT2D eigenvalue weighted by Crippen LogP contribution is -2.39. The molecule has 0 spiro atoms. The summed E-state index contributed by atoms with van der Waals surface area (Å²) in [5, 5.41) is 3.26. The highest BCUT2D eigenvalue weighted by molar-refractivity contribution is 6.40. The molecule has 322 valence electrons. The fourth-order valence-electron chi connectivity index (χ4n) is 5.75. The Morgan fingerprint density at radius 1 is 0.767 bits per heavy atom. The van der Waals surface area contributed by atoms with Gasteiger partial charge in [-0.1, -0.05) is 46.4 Å². The molecule has 12 nitrogen and oxygen atoms in total. The number of carbonyl (C=O) groups is 2. The third-order valence-corrected chi connectivity index (χ3v) is 10.2. The molecule has 1 aliphatic heterocycles. The van der Waals surface area contributed by atoms with Crippen molar-refractivity contribution in [2.75, 3.05) is 36.6 Å². The highest BCUT2D eigenvalue weighted by Gasteiger charge is 2.36. The van der Waals surface area contributed by atoms with E-state index in [-0.39, 0.29) is 78.7 Å². The molecule has 1 saturated heterocycles. The van der Waals surface area contributed by atoms with Gasteiger partial charge in [0.15, 0.2) is 28.8 Å². The van der Waals surface area contributed by atoms with Crippen molar-refractivity contribution in [3.63, 3.8) is 0 Å². The molecule has 3 fully saturated rings. The Bertz CT molecular complexity index is 2130. The number of halogens is 8. The van der Waals surface area contributed by atoms with E-state index in [1.165, 1.54) is 66.1 Å². The van der Waals surface area contributed by atoms with Gasteiger partial charge in [-0.05, 0) is 87.8 Å². The predicted octanol–water partition coefficient (Wildman–Crippen LogP) is 10.6. The van der Waals surface area contributed by atoms with Crippen LogP contribution < -0.4 is 29.2 Å². The van der Waals surface area contributed by atoms with Crippen LogP contribution in [0.3, 0.4) is 0 Å². The molecular formula is C40H38Cl4F4N4O8. The van der Waals surface area contributed by atoms with Gasteiger partial charge in [0.2, 0.25) is 0 Å². The molecule has 7 rings (SSSR count). The molecule has 60 heavy (non-hydrogen) atoms. The summed E-state index contributed by atoms with van der Waals surface area (Å²) in [5.74, 6) is -1.17.